The molecular formula is C17H25NO4. The van der Waals surface area contributed by atoms with E-state index in [1.54, 1.807) is 18.7 Å². The highest BCUT2D eigenvalue weighted by molar-refractivity contribution is 6.02. The Morgan fingerprint density at radius 1 is 1.23 bits per heavy atom. The average Bonchev–Trinajstić information content (AvgIpc) is 2.45. The summed E-state index contributed by atoms with van der Waals surface area (Å²) in [5.74, 6) is 0.622. The van der Waals surface area contributed by atoms with Crippen LogP contribution < -0.4 is 9.64 Å². The van der Waals surface area contributed by atoms with E-state index in [9.17, 15) is 4.79 Å². The van der Waals surface area contributed by atoms with Crippen molar-refractivity contribution >= 4 is 11.6 Å². The minimum absolute atomic E-state index is 0.0880. The fourth-order valence-electron chi connectivity index (χ4n) is 2.53. The van der Waals surface area contributed by atoms with E-state index in [1.807, 2.05) is 39.0 Å². The zero-order valence-electron chi connectivity index (χ0n) is 14.0. The van der Waals surface area contributed by atoms with Crippen LogP contribution in [0.2, 0.25) is 0 Å². The molecule has 1 aromatic carbocycles. The predicted molar refractivity (Wildman–Crippen MR) is 85.3 cm³/mol. The molecule has 1 heterocycles. The van der Waals surface area contributed by atoms with E-state index in [1.165, 1.54) is 0 Å². The minimum Gasteiger partial charge on any atom is -0.476 e. The summed E-state index contributed by atoms with van der Waals surface area (Å²) in [6.07, 6.45) is -0.443. The summed E-state index contributed by atoms with van der Waals surface area (Å²) in [5, 5.41) is 0. The van der Waals surface area contributed by atoms with Gasteiger partial charge in [-0.2, -0.15) is 0 Å². The van der Waals surface area contributed by atoms with Crippen molar-refractivity contribution in [3.05, 3.63) is 23.8 Å². The van der Waals surface area contributed by atoms with Crippen LogP contribution in [0.3, 0.4) is 0 Å². The molecule has 1 amide bonds. The SMILES string of the molecule is CCOC(CN1C(=O)C(C)(C)Oc2ccc(C)cc21)OCC. The number of aryl methyl sites for hydroxylation is 1. The fourth-order valence-corrected chi connectivity index (χ4v) is 2.53. The van der Waals surface area contributed by atoms with Gasteiger partial charge in [0, 0.05) is 13.2 Å². The molecule has 0 fully saturated rings. The predicted octanol–water partition coefficient (Wildman–Crippen LogP) is 2.90. The van der Waals surface area contributed by atoms with E-state index in [2.05, 4.69) is 0 Å². The normalized spacial score (nSPS) is 16.6. The first-order chi connectivity index (χ1) is 10.4. The molecule has 0 spiro atoms. The van der Waals surface area contributed by atoms with Gasteiger partial charge in [-0.25, -0.2) is 0 Å². The molecule has 0 aliphatic carbocycles. The number of carbonyl (C=O) groups excluding carboxylic acids is 1. The highest BCUT2D eigenvalue weighted by Crippen LogP contribution is 2.38. The molecule has 22 heavy (non-hydrogen) atoms. The van der Waals surface area contributed by atoms with E-state index in [0.29, 0.717) is 25.5 Å². The first-order valence-electron chi connectivity index (χ1n) is 7.74. The number of nitrogens with zero attached hydrogens (tertiary/aromatic N) is 1. The molecule has 5 nitrogen and oxygen atoms in total. The summed E-state index contributed by atoms with van der Waals surface area (Å²) in [7, 11) is 0. The molecular weight excluding hydrogens is 282 g/mol. The Hall–Kier alpha value is -1.59. The molecule has 0 unspecified atom stereocenters. The number of rotatable bonds is 6. The lowest BCUT2D eigenvalue weighted by molar-refractivity contribution is -0.143. The molecule has 122 valence electrons. The van der Waals surface area contributed by atoms with Crippen molar-refractivity contribution in [2.24, 2.45) is 0 Å². The molecule has 0 bridgehead atoms. The van der Waals surface area contributed by atoms with Crippen LogP contribution in [0.1, 0.15) is 33.3 Å². The molecule has 0 saturated heterocycles. The van der Waals surface area contributed by atoms with Gasteiger partial charge in [-0.3, -0.25) is 4.79 Å². The number of anilines is 1. The molecule has 1 aromatic rings. The molecule has 0 radical (unpaired) electrons. The van der Waals surface area contributed by atoms with Crippen molar-refractivity contribution in [2.75, 3.05) is 24.7 Å². The molecule has 1 aliphatic heterocycles. The van der Waals surface area contributed by atoms with Crippen molar-refractivity contribution < 1.29 is 19.0 Å². The lowest BCUT2D eigenvalue weighted by atomic mass is 10.0. The number of ether oxygens (including phenoxy) is 3. The number of hydrogen-bond acceptors (Lipinski definition) is 4. The first kappa shape index (κ1) is 16.8. The molecule has 5 heteroatoms. The maximum Gasteiger partial charge on any atom is 0.270 e. The van der Waals surface area contributed by atoms with Crippen molar-refractivity contribution in [2.45, 2.75) is 46.5 Å². The number of hydrogen-bond donors (Lipinski definition) is 0. The fraction of sp³-hybridized carbons (Fsp3) is 0.588. The van der Waals surface area contributed by atoms with Gasteiger partial charge < -0.3 is 19.1 Å². The number of amides is 1. The van der Waals surface area contributed by atoms with Crippen LogP contribution in [0, 0.1) is 6.92 Å². The van der Waals surface area contributed by atoms with E-state index >= 15 is 0 Å². The van der Waals surface area contributed by atoms with E-state index in [-0.39, 0.29) is 5.91 Å². The van der Waals surface area contributed by atoms with Crippen molar-refractivity contribution in [1.29, 1.82) is 0 Å². The molecule has 0 atom stereocenters. The Kier molecular flexibility index (Phi) is 5.08. The highest BCUT2D eigenvalue weighted by Gasteiger charge is 2.41. The number of carbonyl (C=O) groups is 1. The van der Waals surface area contributed by atoms with Gasteiger partial charge in [-0.1, -0.05) is 6.07 Å². The third-order valence-electron chi connectivity index (χ3n) is 3.57. The van der Waals surface area contributed by atoms with E-state index < -0.39 is 11.9 Å². The van der Waals surface area contributed by atoms with Crippen LogP contribution in [-0.4, -0.2) is 37.6 Å². The Morgan fingerprint density at radius 3 is 2.45 bits per heavy atom. The van der Waals surface area contributed by atoms with Crippen LogP contribution in [0.5, 0.6) is 5.75 Å². The average molecular weight is 307 g/mol. The summed E-state index contributed by atoms with van der Waals surface area (Å²) in [6, 6.07) is 5.84. The van der Waals surface area contributed by atoms with Crippen molar-refractivity contribution in [3.8, 4) is 5.75 Å². The molecule has 2 rings (SSSR count). The van der Waals surface area contributed by atoms with Gasteiger partial charge in [0.15, 0.2) is 11.9 Å². The number of fused-ring (bicyclic) bond motifs is 1. The van der Waals surface area contributed by atoms with Gasteiger partial charge in [0.2, 0.25) is 0 Å². The second-order valence-electron chi connectivity index (χ2n) is 5.84. The largest absolute Gasteiger partial charge is 0.476 e. The standard InChI is InChI=1S/C17H25NO4/c1-6-20-15(21-7-2)11-18-13-10-12(3)8-9-14(13)22-17(4,5)16(18)19/h8-10,15H,6-7,11H2,1-5H3. The third kappa shape index (κ3) is 3.42. The Labute approximate surface area is 132 Å². The lowest BCUT2D eigenvalue weighted by Gasteiger charge is -2.40. The number of benzene rings is 1. The van der Waals surface area contributed by atoms with Crippen LogP contribution in [0.4, 0.5) is 5.69 Å². The maximum absolute atomic E-state index is 12.8. The summed E-state index contributed by atoms with van der Waals surface area (Å²) < 4.78 is 17.0. The van der Waals surface area contributed by atoms with Crippen molar-refractivity contribution in [3.63, 3.8) is 0 Å². The zero-order chi connectivity index (χ0) is 16.3. The summed E-state index contributed by atoms with van der Waals surface area (Å²) in [4.78, 5) is 14.5. The summed E-state index contributed by atoms with van der Waals surface area (Å²) in [5.41, 5.74) is 0.948. The summed E-state index contributed by atoms with van der Waals surface area (Å²) in [6.45, 7) is 10.8. The first-order valence-corrected chi connectivity index (χ1v) is 7.74. The van der Waals surface area contributed by atoms with Gasteiger partial charge in [-0.15, -0.1) is 0 Å². The molecule has 0 N–H and O–H groups in total. The molecule has 0 aromatic heterocycles. The second kappa shape index (κ2) is 6.67. The van der Waals surface area contributed by atoms with Crippen LogP contribution in [-0.2, 0) is 14.3 Å². The smallest absolute Gasteiger partial charge is 0.270 e. The van der Waals surface area contributed by atoms with Crippen LogP contribution >= 0.6 is 0 Å². The summed E-state index contributed by atoms with van der Waals surface area (Å²) >= 11 is 0. The van der Waals surface area contributed by atoms with Crippen LogP contribution in [0.15, 0.2) is 18.2 Å². The molecule has 0 saturated carbocycles. The monoisotopic (exact) mass is 307 g/mol. The minimum atomic E-state index is -0.898. The third-order valence-corrected chi connectivity index (χ3v) is 3.57. The maximum atomic E-state index is 12.8. The van der Waals surface area contributed by atoms with Gasteiger partial charge in [-0.05, 0) is 52.3 Å². The lowest BCUT2D eigenvalue weighted by Crippen LogP contribution is -2.54. The van der Waals surface area contributed by atoms with Crippen molar-refractivity contribution in [1.82, 2.24) is 0 Å². The van der Waals surface area contributed by atoms with E-state index in [0.717, 1.165) is 11.3 Å². The Bertz CT molecular complexity index is 535. The van der Waals surface area contributed by atoms with E-state index in [4.69, 9.17) is 14.2 Å². The highest BCUT2D eigenvalue weighted by atomic mass is 16.7. The topological polar surface area (TPSA) is 48.0 Å². The second-order valence-corrected chi connectivity index (χ2v) is 5.84. The van der Waals surface area contributed by atoms with Gasteiger partial charge in [0.25, 0.3) is 5.91 Å². The quantitative estimate of drug-likeness (QED) is 0.758. The van der Waals surface area contributed by atoms with Gasteiger partial charge >= 0.3 is 0 Å². The Balaban J connectivity index is 2.35. The van der Waals surface area contributed by atoms with Gasteiger partial charge in [0.05, 0.1) is 12.2 Å². The van der Waals surface area contributed by atoms with Crippen LogP contribution in [0.25, 0.3) is 0 Å². The zero-order valence-corrected chi connectivity index (χ0v) is 14.0. The Morgan fingerprint density at radius 2 is 1.86 bits per heavy atom. The van der Waals surface area contributed by atoms with Gasteiger partial charge in [0.1, 0.15) is 5.75 Å². The molecule has 1 aliphatic rings.